The second kappa shape index (κ2) is 15.7. The van der Waals surface area contributed by atoms with Crippen molar-refractivity contribution in [1.29, 1.82) is 0 Å². The Morgan fingerprint density at radius 1 is 1.07 bits per heavy atom. The van der Waals surface area contributed by atoms with Gasteiger partial charge in [0.15, 0.2) is 12.4 Å². The van der Waals surface area contributed by atoms with Crippen LogP contribution in [-0.2, 0) is 19.1 Å². The Morgan fingerprint density at radius 2 is 1.78 bits per heavy atom. The number of H-pyrrole nitrogens is 1. The van der Waals surface area contributed by atoms with Gasteiger partial charge in [0.25, 0.3) is 5.91 Å². The van der Waals surface area contributed by atoms with Crippen molar-refractivity contribution in [3.63, 3.8) is 0 Å². The summed E-state index contributed by atoms with van der Waals surface area (Å²) >= 11 is 12.2. The van der Waals surface area contributed by atoms with Crippen LogP contribution >= 0.6 is 23.2 Å². The molecule has 1 aliphatic heterocycles. The molecule has 1 saturated heterocycles. The molecular formula is C33H34Cl2N4O7. The Bertz CT molecular complexity index is 1660. The van der Waals surface area contributed by atoms with E-state index in [-0.39, 0.29) is 52.6 Å². The third kappa shape index (κ3) is 8.59. The summed E-state index contributed by atoms with van der Waals surface area (Å²) in [7, 11) is 0. The van der Waals surface area contributed by atoms with Crippen LogP contribution in [0.5, 0.6) is 5.75 Å². The van der Waals surface area contributed by atoms with Crippen LogP contribution in [0.3, 0.4) is 0 Å². The zero-order chi connectivity index (χ0) is 33.4. The van der Waals surface area contributed by atoms with Gasteiger partial charge in [0.05, 0.1) is 21.7 Å². The van der Waals surface area contributed by atoms with E-state index in [9.17, 15) is 24.0 Å². The molecule has 1 aliphatic rings. The molecule has 0 radical (unpaired) electrons. The molecular weight excluding hydrogens is 635 g/mol. The number of benzene rings is 2. The average Bonchev–Trinajstić information content (AvgIpc) is 3.64. The maximum absolute atomic E-state index is 13.6. The molecule has 1 aromatic heterocycles. The number of carbonyl (C=O) groups is 5. The Hall–Kier alpha value is -4.53. The minimum absolute atomic E-state index is 0.0152. The Kier molecular flexibility index (Phi) is 11.7. The number of rotatable bonds is 14. The molecule has 0 spiro atoms. The molecule has 1 fully saturated rings. The molecule has 4 rings (SSSR count). The van der Waals surface area contributed by atoms with Crippen molar-refractivity contribution in [3.05, 3.63) is 63.8 Å². The standard InChI is InChI=1S/C33H34Cl2N4O7/c1-4-13-45-28-10-6-9-23-20(28)16-26(37-23)32(43)39-25(14-18(2)3)31(42)38-24(15-19-11-12-36-30(19)41)27(40)17-46-33(44)29-21(34)7-5-8-22(29)35/h1,5-10,16,18-19,24-25,37H,11-15,17H2,2-3H3,(H,36,41)(H,38,42)(H,39,43)/t19-,24-,25-/m0/s1. The van der Waals surface area contributed by atoms with Crippen LogP contribution in [0.4, 0.5) is 0 Å². The van der Waals surface area contributed by atoms with Crippen molar-refractivity contribution < 1.29 is 33.4 Å². The number of ether oxygens (including phenoxy) is 2. The van der Waals surface area contributed by atoms with Gasteiger partial charge in [-0.3, -0.25) is 19.2 Å². The summed E-state index contributed by atoms with van der Waals surface area (Å²) in [5, 5.41) is 8.91. The average molecular weight is 670 g/mol. The van der Waals surface area contributed by atoms with Gasteiger partial charge >= 0.3 is 5.97 Å². The highest BCUT2D eigenvalue weighted by Crippen LogP contribution is 2.27. The minimum atomic E-state index is -1.19. The largest absolute Gasteiger partial charge is 0.480 e. The molecule has 11 nitrogen and oxygen atoms in total. The summed E-state index contributed by atoms with van der Waals surface area (Å²) in [5.74, 6) is -0.645. The maximum atomic E-state index is 13.6. The number of esters is 1. The molecule has 0 saturated carbocycles. The van der Waals surface area contributed by atoms with E-state index in [0.29, 0.717) is 29.6 Å². The highest BCUT2D eigenvalue weighted by atomic mass is 35.5. The number of aromatic nitrogens is 1. The van der Waals surface area contributed by atoms with Crippen molar-refractivity contribution in [1.82, 2.24) is 20.9 Å². The van der Waals surface area contributed by atoms with Gasteiger partial charge < -0.3 is 30.4 Å². The monoisotopic (exact) mass is 668 g/mol. The van der Waals surface area contributed by atoms with Crippen molar-refractivity contribution in [2.75, 3.05) is 19.8 Å². The van der Waals surface area contributed by atoms with E-state index in [0.717, 1.165) is 0 Å². The lowest BCUT2D eigenvalue weighted by molar-refractivity contribution is -0.131. The van der Waals surface area contributed by atoms with Crippen molar-refractivity contribution in [3.8, 4) is 18.1 Å². The van der Waals surface area contributed by atoms with Crippen LogP contribution in [0.1, 0.15) is 54.0 Å². The van der Waals surface area contributed by atoms with Gasteiger partial charge in [-0.2, -0.15) is 0 Å². The third-order valence-electron chi connectivity index (χ3n) is 7.41. The number of halogens is 2. The predicted octanol–water partition coefficient (Wildman–Crippen LogP) is 4.07. The van der Waals surface area contributed by atoms with Crippen molar-refractivity contribution >= 4 is 63.6 Å². The van der Waals surface area contributed by atoms with E-state index in [1.54, 1.807) is 30.3 Å². The molecule has 0 bridgehead atoms. The summed E-state index contributed by atoms with van der Waals surface area (Å²) in [6.45, 7) is 3.55. The van der Waals surface area contributed by atoms with Crippen LogP contribution in [0, 0.1) is 24.2 Å². The molecule has 3 atom stereocenters. The summed E-state index contributed by atoms with van der Waals surface area (Å²) < 4.78 is 10.8. The van der Waals surface area contributed by atoms with E-state index in [1.165, 1.54) is 12.1 Å². The Labute approximate surface area is 276 Å². The van der Waals surface area contributed by atoms with Crippen molar-refractivity contribution in [2.45, 2.75) is 45.2 Å². The molecule has 0 aliphatic carbocycles. The smallest absolute Gasteiger partial charge is 0.341 e. The lowest BCUT2D eigenvalue weighted by Gasteiger charge is -2.25. The number of hydrogen-bond donors (Lipinski definition) is 4. The number of fused-ring (bicyclic) bond motifs is 1. The molecule has 0 unspecified atom stereocenters. The normalized spacial score (nSPS) is 15.5. The number of aromatic amines is 1. The van der Waals surface area contributed by atoms with Crippen molar-refractivity contribution in [2.24, 2.45) is 11.8 Å². The quantitative estimate of drug-likeness (QED) is 0.149. The van der Waals surface area contributed by atoms with Gasteiger partial charge in [-0.25, -0.2) is 4.79 Å². The molecule has 3 amide bonds. The first-order valence-electron chi connectivity index (χ1n) is 14.7. The first-order valence-corrected chi connectivity index (χ1v) is 15.4. The molecule has 46 heavy (non-hydrogen) atoms. The van der Waals surface area contributed by atoms with E-state index in [1.807, 2.05) is 13.8 Å². The maximum Gasteiger partial charge on any atom is 0.341 e. The van der Waals surface area contributed by atoms with E-state index < -0.39 is 48.2 Å². The van der Waals surface area contributed by atoms with Gasteiger partial charge in [0.1, 0.15) is 24.1 Å². The second-order valence-corrected chi connectivity index (χ2v) is 12.1. The molecule has 4 N–H and O–H groups in total. The van der Waals surface area contributed by atoms with Crippen LogP contribution in [0.2, 0.25) is 10.0 Å². The van der Waals surface area contributed by atoms with Crippen LogP contribution in [0.25, 0.3) is 10.9 Å². The van der Waals surface area contributed by atoms with E-state index in [4.69, 9.17) is 39.1 Å². The number of ketones is 1. The molecule has 13 heteroatoms. The lowest BCUT2D eigenvalue weighted by Crippen LogP contribution is -2.53. The third-order valence-corrected chi connectivity index (χ3v) is 8.04. The number of terminal acetylenes is 1. The number of hydrogen-bond acceptors (Lipinski definition) is 7. The molecule has 2 heterocycles. The fraction of sp³-hybridized carbons (Fsp3) is 0.364. The van der Waals surface area contributed by atoms with Gasteiger partial charge in [0, 0.05) is 23.4 Å². The predicted molar refractivity (Wildman–Crippen MR) is 173 cm³/mol. The van der Waals surface area contributed by atoms with Crippen LogP contribution in [0.15, 0.2) is 42.5 Å². The zero-order valence-electron chi connectivity index (χ0n) is 25.3. The summed E-state index contributed by atoms with van der Waals surface area (Å²) in [5.41, 5.74) is 0.729. The number of nitrogens with one attached hydrogen (secondary N) is 4. The first kappa shape index (κ1) is 34.3. The number of Topliss-reactive ketones (excluding diaryl/α,β-unsaturated/α-hetero) is 1. The Balaban J connectivity index is 1.50. The highest BCUT2D eigenvalue weighted by Gasteiger charge is 2.34. The fourth-order valence-corrected chi connectivity index (χ4v) is 5.69. The summed E-state index contributed by atoms with van der Waals surface area (Å²) in [6, 6.07) is 9.11. The highest BCUT2D eigenvalue weighted by molar-refractivity contribution is 6.39. The number of amides is 3. The van der Waals surface area contributed by atoms with Gasteiger partial charge in [0.2, 0.25) is 11.8 Å². The minimum Gasteiger partial charge on any atom is -0.480 e. The Morgan fingerprint density at radius 3 is 2.43 bits per heavy atom. The SMILES string of the molecule is C#CCOc1cccc2[nH]c(C(=O)N[C@@H](CC(C)C)C(=O)N[C@@H](C[C@@H]3CCNC3=O)C(=O)COC(=O)c3c(Cl)cccc3Cl)cc12. The first-order chi connectivity index (χ1) is 22.0. The number of carbonyl (C=O) groups excluding carboxylic acids is 5. The molecule has 242 valence electrons. The topological polar surface area (TPSA) is 156 Å². The summed E-state index contributed by atoms with van der Waals surface area (Å²) in [4.78, 5) is 68.4. The fourth-order valence-electron chi connectivity index (χ4n) is 5.13. The van der Waals surface area contributed by atoms with Crippen LogP contribution in [-0.4, -0.2) is 66.3 Å². The van der Waals surface area contributed by atoms with Gasteiger partial charge in [-0.05, 0) is 55.5 Å². The second-order valence-electron chi connectivity index (χ2n) is 11.3. The zero-order valence-corrected chi connectivity index (χ0v) is 26.8. The van der Waals surface area contributed by atoms with Gasteiger partial charge in [-0.15, -0.1) is 6.42 Å². The molecule has 3 aromatic rings. The molecule has 2 aromatic carbocycles. The van der Waals surface area contributed by atoms with E-state index >= 15 is 0 Å². The lowest BCUT2D eigenvalue weighted by atomic mass is 9.95. The summed E-state index contributed by atoms with van der Waals surface area (Å²) in [6.07, 6.45) is 6.00. The van der Waals surface area contributed by atoms with Gasteiger partial charge in [-0.1, -0.05) is 55.1 Å². The van der Waals surface area contributed by atoms with Crippen LogP contribution < -0.4 is 20.7 Å². The van der Waals surface area contributed by atoms with E-state index in [2.05, 4.69) is 26.9 Å².